The van der Waals surface area contributed by atoms with Gasteiger partial charge in [0.1, 0.15) is 6.07 Å². The van der Waals surface area contributed by atoms with Crippen LogP contribution in [0.5, 0.6) is 0 Å². The van der Waals surface area contributed by atoms with E-state index in [2.05, 4.69) is 69.9 Å². The monoisotopic (exact) mass is 401 g/mol. The molecule has 3 nitrogen and oxygen atoms in total. The highest BCUT2D eigenvalue weighted by molar-refractivity contribution is 6.32. The zero-order valence-electron chi connectivity index (χ0n) is 17.5. The molecule has 0 spiro atoms. The Hall–Kier alpha value is -3.01. The molecule has 0 saturated heterocycles. The summed E-state index contributed by atoms with van der Waals surface area (Å²) in [4.78, 5) is 0. The summed E-state index contributed by atoms with van der Waals surface area (Å²) < 4.78 is 2.02. The topological polar surface area (TPSA) is 41.6 Å². The Bertz CT molecular complexity index is 1150. The lowest BCUT2D eigenvalue weighted by Crippen LogP contribution is -2.04. The second kappa shape index (κ2) is 8.56. The molecule has 0 aliphatic rings. The Morgan fingerprint density at radius 1 is 1.03 bits per heavy atom. The van der Waals surface area contributed by atoms with Crippen molar-refractivity contribution in [1.29, 1.82) is 5.26 Å². The molecule has 0 N–H and O–H groups in total. The van der Waals surface area contributed by atoms with Gasteiger partial charge < -0.3 is 0 Å². The lowest BCUT2D eigenvalue weighted by atomic mass is 10.00. The Morgan fingerprint density at radius 2 is 1.72 bits per heavy atom. The van der Waals surface area contributed by atoms with Gasteiger partial charge in [-0.25, -0.2) is 0 Å². The van der Waals surface area contributed by atoms with Gasteiger partial charge >= 0.3 is 0 Å². The number of halogens is 1. The first-order chi connectivity index (χ1) is 13.8. The standard InChI is InChI=1S/C25H24ClN3/c1-16(2)6-7-20-8-10-21(11-9-20)15-29-19(5)17(3)25(28-29)23-13-12-22(14-27)24(26)18(23)4/h8-13,16H,15H2,1-5H3. The summed E-state index contributed by atoms with van der Waals surface area (Å²) in [5.74, 6) is 6.75. The van der Waals surface area contributed by atoms with E-state index in [1.54, 1.807) is 6.07 Å². The summed E-state index contributed by atoms with van der Waals surface area (Å²) in [5.41, 5.74) is 7.68. The number of hydrogen-bond acceptors (Lipinski definition) is 2. The molecule has 146 valence electrons. The van der Waals surface area contributed by atoms with Gasteiger partial charge in [0.25, 0.3) is 0 Å². The number of hydrogen-bond donors (Lipinski definition) is 0. The van der Waals surface area contributed by atoms with Gasteiger partial charge in [-0.1, -0.05) is 55.5 Å². The fraction of sp³-hybridized carbons (Fsp3) is 0.280. The minimum Gasteiger partial charge on any atom is -0.265 e. The number of nitriles is 1. The molecule has 0 atom stereocenters. The van der Waals surface area contributed by atoms with Crippen molar-refractivity contribution in [3.63, 3.8) is 0 Å². The number of aromatic nitrogens is 2. The molecule has 2 aromatic carbocycles. The van der Waals surface area contributed by atoms with E-state index in [0.29, 0.717) is 23.0 Å². The van der Waals surface area contributed by atoms with E-state index >= 15 is 0 Å². The average Bonchev–Trinajstić information content (AvgIpc) is 2.98. The molecule has 0 bridgehead atoms. The molecule has 3 aromatic rings. The third-order valence-electron chi connectivity index (χ3n) is 5.06. The van der Waals surface area contributed by atoms with Crippen LogP contribution in [0.2, 0.25) is 5.02 Å². The first-order valence-corrected chi connectivity index (χ1v) is 10.0. The summed E-state index contributed by atoms with van der Waals surface area (Å²) in [6, 6.07) is 14.1. The number of benzene rings is 2. The van der Waals surface area contributed by atoms with Crippen LogP contribution in [0.4, 0.5) is 0 Å². The SMILES string of the molecule is Cc1c(-c2nn(Cc3ccc(C#CC(C)C)cc3)c(C)c2C)ccc(C#N)c1Cl. The third kappa shape index (κ3) is 4.37. The van der Waals surface area contributed by atoms with Crippen LogP contribution in [0.25, 0.3) is 11.3 Å². The molecule has 0 aliphatic heterocycles. The molecular weight excluding hydrogens is 378 g/mol. The fourth-order valence-electron chi connectivity index (χ4n) is 3.17. The van der Waals surface area contributed by atoms with Crippen molar-refractivity contribution < 1.29 is 0 Å². The van der Waals surface area contributed by atoms with E-state index in [9.17, 15) is 5.26 Å². The van der Waals surface area contributed by atoms with Crippen LogP contribution < -0.4 is 0 Å². The summed E-state index contributed by atoms with van der Waals surface area (Å²) >= 11 is 6.37. The van der Waals surface area contributed by atoms with Crippen LogP contribution in [0.15, 0.2) is 36.4 Å². The maximum atomic E-state index is 9.19. The predicted octanol–water partition coefficient (Wildman–Crippen LogP) is 6.06. The summed E-state index contributed by atoms with van der Waals surface area (Å²) in [6.07, 6.45) is 0. The second-order valence-electron chi connectivity index (χ2n) is 7.55. The predicted molar refractivity (Wildman–Crippen MR) is 119 cm³/mol. The normalized spacial score (nSPS) is 10.6. The largest absolute Gasteiger partial charge is 0.265 e. The van der Waals surface area contributed by atoms with Crippen molar-refractivity contribution in [2.24, 2.45) is 5.92 Å². The summed E-state index contributed by atoms with van der Waals surface area (Å²) in [5, 5.41) is 14.5. The van der Waals surface area contributed by atoms with Crippen molar-refractivity contribution in [2.75, 3.05) is 0 Å². The lowest BCUT2D eigenvalue weighted by molar-refractivity contribution is 0.666. The number of rotatable bonds is 3. The highest BCUT2D eigenvalue weighted by Crippen LogP contribution is 2.33. The van der Waals surface area contributed by atoms with E-state index in [0.717, 1.165) is 33.6 Å². The van der Waals surface area contributed by atoms with Crippen molar-refractivity contribution in [1.82, 2.24) is 9.78 Å². The first kappa shape index (κ1) is 20.7. The molecular formula is C25H24ClN3. The Morgan fingerprint density at radius 3 is 2.34 bits per heavy atom. The smallest absolute Gasteiger partial charge is 0.101 e. The van der Waals surface area contributed by atoms with Crippen LogP contribution in [-0.2, 0) is 6.54 Å². The Balaban J connectivity index is 1.92. The van der Waals surface area contributed by atoms with Crippen LogP contribution in [0.3, 0.4) is 0 Å². The molecule has 4 heteroatoms. The van der Waals surface area contributed by atoms with Crippen molar-refractivity contribution in [3.8, 4) is 29.2 Å². The van der Waals surface area contributed by atoms with E-state index in [1.807, 2.05) is 17.7 Å². The maximum absolute atomic E-state index is 9.19. The van der Waals surface area contributed by atoms with Gasteiger partial charge in [-0.15, -0.1) is 0 Å². The van der Waals surface area contributed by atoms with Crippen LogP contribution in [-0.4, -0.2) is 9.78 Å². The van der Waals surface area contributed by atoms with Gasteiger partial charge in [0, 0.05) is 22.7 Å². The number of nitrogens with zero attached hydrogens (tertiary/aromatic N) is 3. The molecule has 1 aromatic heterocycles. The van der Waals surface area contributed by atoms with Gasteiger partial charge in [-0.3, -0.25) is 4.68 Å². The molecule has 0 amide bonds. The second-order valence-corrected chi connectivity index (χ2v) is 7.93. The molecule has 3 rings (SSSR count). The molecule has 0 saturated carbocycles. The first-order valence-electron chi connectivity index (χ1n) is 9.66. The van der Waals surface area contributed by atoms with E-state index in [4.69, 9.17) is 16.7 Å². The van der Waals surface area contributed by atoms with E-state index < -0.39 is 0 Å². The molecule has 0 radical (unpaired) electrons. The van der Waals surface area contributed by atoms with E-state index in [-0.39, 0.29) is 0 Å². The molecule has 1 heterocycles. The Kier molecular flexibility index (Phi) is 6.12. The zero-order valence-corrected chi connectivity index (χ0v) is 18.2. The minimum absolute atomic E-state index is 0.363. The van der Waals surface area contributed by atoms with Crippen LogP contribution in [0.1, 0.15) is 47.4 Å². The Labute approximate surface area is 177 Å². The van der Waals surface area contributed by atoms with Crippen molar-refractivity contribution in [2.45, 2.75) is 41.2 Å². The van der Waals surface area contributed by atoms with Gasteiger partial charge in [-0.05, 0) is 55.7 Å². The lowest BCUT2D eigenvalue weighted by Gasteiger charge is -2.07. The minimum atomic E-state index is 0.363. The zero-order chi connectivity index (χ0) is 21.1. The molecule has 0 aliphatic carbocycles. The molecule has 29 heavy (non-hydrogen) atoms. The summed E-state index contributed by atoms with van der Waals surface area (Å²) in [7, 11) is 0. The van der Waals surface area contributed by atoms with Gasteiger partial charge in [-0.2, -0.15) is 10.4 Å². The van der Waals surface area contributed by atoms with Crippen molar-refractivity contribution in [3.05, 3.63) is 74.9 Å². The quantitative estimate of drug-likeness (QED) is 0.501. The van der Waals surface area contributed by atoms with Gasteiger partial charge in [0.15, 0.2) is 0 Å². The highest BCUT2D eigenvalue weighted by atomic mass is 35.5. The van der Waals surface area contributed by atoms with Gasteiger partial charge in [0.2, 0.25) is 0 Å². The maximum Gasteiger partial charge on any atom is 0.101 e. The van der Waals surface area contributed by atoms with Gasteiger partial charge in [0.05, 0.1) is 22.8 Å². The van der Waals surface area contributed by atoms with E-state index in [1.165, 1.54) is 5.56 Å². The average molecular weight is 402 g/mol. The molecule has 0 unspecified atom stereocenters. The third-order valence-corrected chi connectivity index (χ3v) is 5.55. The van der Waals surface area contributed by atoms with Crippen molar-refractivity contribution >= 4 is 11.6 Å². The van der Waals surface area contributed by atoms with Crippen LogP contribution >= 0.6 is 11.6 Å². The van der Waals surface area contributed by atoms with Crippen LogP contribution in [0, 0.1) is 49.9 Å². The summed E-state index contributed by atoms with van der Waals surface area (Å²) in [6.45, 7) is 10.9. The highest BCUT2D eigenvalue weighted by Gasteiger charge is 2.17. The fourth-order valence-corrected chi connectivity index (χ4v) is 3.37. The molecule has 0 fully saturated rings.